The second kappa shape index (κ2) is 5.64. The molecular weight excluding hydrogens is 371 g/mol. The number of nitrogens with zero attached hydrogens (tertiary/aromatic N) is 2. The molecule has 0 spiro atoms. The molecule has 0 aliphatic rings. The quantitative estimate of drug-likeness (QED) is 0.492. The Balaban J connectivity index is 2.38. The summed E-state index contributed by atoms with van der Waals surface area (Å²) < 4.78 is 3.07. The fourth-order valence-corrected chi connectivity index (χ4v) is 3.12. The molecule has 0 amide bonds. The van der Waals surface area contributed by atoms with Crippen LogP contribution in [0.4, 0.5) is 0 Å². The third kappa shape index (κ3) is 2.59. The molecule has 3 aromatic rings. The normalized spacial score (nSPS) is 12.8. The van der Waals surface area contributed by atoms with Crippen LogP contribution in [0.3, 0.4) is 0 Å². The summed E-state index contributed by atoms with van der Waals surface area (Å²) in [4.78, 5) is 4.63. The number of hydrogen-bond acceptors (Lipinski definition) is 1. The van der Waals surface area contributed by atoms with Crippen molar-refractivity contribution in [2.45, 2.75) is 19.2 Å². The molecule has 0 N–H and O–H groups in total. The Morgan fingerprint density at radius 3 is 2.67 bits per heavy atom. The lowest BCUT2D eigenvalue weighted by molar-refractivity contribution is 0.882. The minimum absolute atomic E-state index is 0.214. The van der Waals surface area contributed by atoms with Gasteiger partial charge in [-0.2, -0.15) is 0 Å². The lowest BCUT2D eigenvalue weighted by Crippen LogP contribution is -2.02. The van der Waals surface area contributed by atoms with Crippen LogP contribution in [0.1, 0.15) is 23.7 Å². The van der Waals surface area contributed by atoms with Crippen molar-refractivity contribution in [3.05, 3.63) is 57.3 Å². The summed E-state index contributed by atoms with van der Waals surface area (Å²) >= 11 is 16.3. The van der Waals surface area contributed by atoms with Crippen LogP contribution in [0, 0.1) is 6.92 Å². The number of halogens is 3. The predicted molar refractivity (Wildman–Crippen MR) is 92.8 cm³/mol. The van der Waals surface area contributed by atoms with Crippen LogP contribution in [0.25, 0.3) is 16.7 Å². The Kier molecular flexibility index (Phi) is 4.00. The van der Waals surface area contributed by atoms with Crippen molar-refractivity contribution in [3.63, 3.8) is 0 Å². The molecule has 0 bridgehead atoms. The van der Waals surface area contributed by atoms with E-state index in [1.54, 1.807) is 0 Å². The lowest BCUT2D eigenvalue weighted by Gasteiger charge is -2.12. The van der Waals surface area contributed by atoms with Crippen molar-refractivity contribution in [1.29, 1.82) is 0 Å². The van der Waals surface area contributed by atoms with Gasteiger partial charge in [-0.1, -0.05) is 39.7 Å². The molecule has 1 unspecified atom stereocenters. The van der Waals surface area contributed by atoms with Gasteiger partial charge in [-0.3, -0.25) is 4.57 Å². The van der Waals surface area contributed by atoms with Crippen LogP contribution < -0.4 is 0 Å². The highest BCUT2D eigenvalue weighted by Gasteiger charge is 2.18. The summed E-state index contributed by atoms with van der Waals surface area (Å²) in [6.45, 7) is 3.97. The van der Waals surface area contributed by atoms with Crippen LogP contribution in [-0.4, -0.2) is 9.55 Å². The maximum Gasteiger partial charge on any atom is 0.132 e. The van der Waals surface area contributed by atoms with Gasteiger partial charge in [-0.15, -0.1) is 11.6 Å². The van der Waals surface area contributed by atoms with Gasteiger partial charge < -0.3 is 0 Å². The SMILES string of the molecule is Cc1ccc(-n2c(C(C)Cl)nc3cccc(Cl)c32)cc1Br. The average molecular weight is 384 g/mol. The van der Waals surface area contributed by atoms with Gasteiger partial charge in [0.1, 0.15) is 5.82 Å². The first-order valence-electron chi connectivity index (χ1n) is 6.56. The van der Waals surface area contributed by atoms with Gasteiger partial charge in [0, 0.05) is 10.2 Å². The van der Waals surface area contributed by atoms with Crippen molar-refractivity contribution in [1.82, 2.24) is 9.55 Å². The number of fused-ring (bicyclic) bond motifs is 1. The van der Waals surface area contributed by atoms with Gasteiger partial charge >= 0.3 is 0 Å². The molecule has 1 heterocycles. The number of aromatic nitrogens is 2. The van der Waals surface area contributed by atoms with E-state index in [9.17, 15) is 0 Å². The molecule has 0 saturated carbocycles. The van der Waals surface area contributed by atoms with E-state index in [0.29, 0.717) is 5.02 Å². The first-order chi connectivity index (χ1) is 9.99. The second-order valence-electron chi connectivity index (χ2n) is 4.96. The minimum atomic E-state index is -0.214. The number of imidazole rings is 1. The van der Waals surface area contributed by atoms with E-state index in [2.05, 4.69) is 40.0 Å². The molecule has 21 heavy (non-hydrogen) atoms. The highest BCUT2D eigenvalue weighted by molar-refractivity contribution is 9.10. The smallest absolute Gasteiger partial charge is 0.132 e. The molecule has 1 atom stereocenters. The summed E-state index contributed by atoms with van der Waals surface area (Å²) in [7, 11) is 0. The molecule has 3 rings (SSSR count). The van der Waals surface area contributed by atoms with Crippen molar-refractivity contribution in [3.8, 4) is 5.69 Å². The number of benzene rings is 2. The van der Waals surface area contributed by atoms with E-state index in [0.717, 1.165) is 27.0 Å². The minimum Gasteiger partial charge on any atom is -0.294 e. The summed E-state index contributed by atoms with van der Waals surface area (Å²) in [5.74, 6) is 0.788. The maximum absolute atomic E-state index is 6.39. The molecule has 5 heteroatoms. The highest BCUT2D eigenvalue weighted by Crippen LogP contribution is 2.33. The zero-order chi connectivity index (χ0) is 15.1. The standard InChI is InChI=1S/C16H13BrCl2N2/c1-9-6-7-11(8-12(9)17)21-15-13(19)4-3-5-14(15)20-16(21)10(2)18/h3-8,10H,1-2H3. The third-order valence-corrected chi connectivity index (χ3v) is 4.78. The van der Waals surface area contributed by atoms with Crippen molar-refractivity contribution >= 4 is 50.2 Å². The Morgan fingerprint density at radius 2 is 2.00 bits per heavy atom. The first kappa shape index (κ1) is 14.9. The number of aryl methyl sites for hydroxylation is 1. The van der Waals surface area contributed by atoms with Crippen molar-refractivity contribution in [2.75, 3.05) is 0 Å². The lowest BCUT2D eigenvalue weighted by atomic mass is 10.2. The molecule has 0 fully saturated rings. The molecule has 2 nitrogen and oxygen atoms in total. The molecule has 0 saturated heterocycles. The molecule has 0 radical (unpaired) electrons. The van der Waals surface area contributed by atoms with Gasteiger partial charge in [0.2, 0.25) is 0 Å². The van der Waals surface area contributed by atoms with E-state index in [4.69, 9.17) is 23.2 Å². The summed E-state index contributed by atoms with van der Waals surface area (Å²) in [5.41, 5.74) is 3.90. The van der Waals surface area contributed by atoms with E-state index < -0.39 is 0 Å². The van der Waals surface area contributed by atoms with Gasteiger partial charge in [-0.05, 0) is 43.7 Å². The summed E-state index contributed by atoms with van der Waals surface area (Å²) in [6, 6.07) is 11.9. The molecular formula is C16H13BrCl2N2. The Hall–Kier alpha value is -1.03. The fraction of sp³-hybridized carbons (Fsp3) is 0.188. The Morgan fingerprint density at radius 1 is 1.24 bits per heavy atom. The Bertz CT molecular complexity index is 825. The zero-order valence-corrected chi connectivity index (χ0v) is 14.7. The van der Waals surface area contributed by atoms with Crippen LogP contribution in [0.5, 0.6) is 0 Å². The monoisotopic (exact) mass is 382 g/mol. The molecule has 2 aromatic carbocycles. The van der Waals surface area contributed by atoms with Gasteiger partial charge in [-0.25, -0.2) is 4.98 Å². The second-order valence-corrected chi connectivity index (χ2v) is 6.88. The zero-order valence-electron chi connectivity index (χ0n) is 11.6. The average Bonchev–Trinajstić information content (AvgIpc) is 2.83. The molecule has 1 aromatic heterocycles. The van der Waals surface area contributed by atoms with Crippen LogP contribution in [0.15, 0.2) is 40.9 Å². The predicted octanol–water partition coefficient (Wildman–Crippen LogP) is 6.05. The molecule has 0 aliphatic heterocycles. The van der Waals surface area contributed by atoms with Gasteiger partial charge in [0.25, 0.3) is 0 Å². The van der Waals surface area contributed by atoms with Crippen molar-refractivity contribution < 1.29 is 0 Å². The highest BCUT2D eigenvalue weighted by atomic mass is 79.9. The molecule has 0 aliphatic carbocycles. The maximum atomic E-state index is 6.39. The first-order valence-corrected chi connectivity index (χ1v) is 8.17. The van der Waals surface area contributed by atoms with E-state index in [-0.39, 0.29) is 5.38 Å². The third-order valence-electron chi connectivity index (χ3n) is 3.42. The number of hydrogen-bond donors (Lipinski definition) is 0. The fourth-order valence-electron chi connectivity index (χ4n) is 2.35. The summed E-state index contributed by atoms with van der Waals surface area (Å²) in [5, 5.41) is 0.453. The van der Waals surface area contributed by atoms with Crippen LogP contribution in [-0.2, 0) is 0 Å². The Labute approximate surface area is 141 Å². The largest absolute Gasteiger partial charge is 0.294 e. The number of alkyl halides is 1. The molecule has 108 valence electrons. The van der Waals surface area contributed by atoms with Crippen LogP contribution >= 0.6 is 39.1 Å². The van der Waals surface area contributed by atoms with Crippen LogP contribution in [0.2, 0.25) is 5.02 Å². The number of rotatable bonds is 2. The topological polar surface area (TPSA) is 17.8 Å². The summed E-state index contributed by atoms with van der Waals surface area (Å²) in [6.07, 6.45) is 0. The van der Waals surface area contributed by atoms with Gasteiger partial charge in [0.15, 0.2) is 0 Å². The van der Waals surface area contributed by atoms with E-state index >= 15 is 0 Å². The van der Waals surface area contributed by atoms with Gasteiger partial charge in [0.05, 0.1) is 21.4 Å². The van der Waals surface area contributed by atoms with Crippen molar-refractivity contribution in [2.24, 2.45) is 0 Å². The van der Waals surface area contributed by atoms with E-state index in [1.165, 1.54) is 5.56 Å². The number of para-hydroxylation sites is 1. The van der Waals surface area contributed by atoms with E-state index in [1.807, 2.05) is 35.8 Å².